The van der Waals surface area contributed by atoms with Gasteiger partial charge in [0, 0.05) is 31.4 Å². The van der Waals surface area contributed by atoms with Gasteiger partial charge in [0.05, 0.1) is 0 Å². The molecule has 0 aromatic carbocycles. The van der Waals surface area contributed by atoms with E-state index < -0.39 is 0 Å². The van der Waals surface area contributed by atoms with Crippen LogP contribution in [0.2, 0.25) is 0 Å². The highest BCUT2D eigenvalue weighted by molar-refractivity contribution is 7.99. The number of rotatable bonds is 3. The molecule has 1 N–H and O–H groups in total. The Hall–Kier alpha value is -0.380. The van der Waals surface area contributed by atoms with Gasteiger partial charge >= 0.3 is 0 Å². The summed E-state index contributed by atoms with van der Waals surface area (Å²) in [4.78, 5) is 6.96. The van der Waals surface area contributed by atoms with Gasteiger partial charge in [0.25, 0.3) is 0 Å². The monoisotopic (exact) mass is 283 g/mol. The van der Waals surface area contributed by atoms with Crippen LogP contribution in [0.1, 0.15) is 46.0 Å². The third-order valence-corrected chi connectivity index (χ3v) is 6.09. The molecule has 2 rings (SSSR count). The van der Waals surface area contributed by atoms with Crippen LogP contribution in [0, 0.1) is 5.41 Å². The largest absolute Gasteiger partial charge is 0.355 e. The zero-order valence-corrected chi connectivity index (χ0v) is 13.8. The molecule has 19 heavy (non-hydrogen) atoms. The molecular weight excluding hydrogens is 254 g/mol. The molecule has 1 aliphatic carbocycles. The zero-order valence-electron chi connectivity index (χ0n) is 13.0. The molecule has 0 aromatic heterocycles. The summed E-state index contributed by atoms with van der Waals surface area (Å²) >= 11 is 1.90. The maximum absolute atomic E-state index is 4.48. The highest BCUT2D eigenvalue weighted by Crippen LogP contribution is 2.45. The third kappa shape index (κ3) is 3.59. The minimum Gasteiger partial charge on any atom is -0.355 e. The number of hydrogen-bond acceptors (Lipinski definition) is 2. The summed E-state index contributed by atoms with van der Waals surface area (Å²) in [5, 5.41) is 3.56. The van der Waals surface area contributed by atoms with Gasteiger partial charge in [-0.25, -0.2) is 0 Å². The van der Waals surface area contributed by atoms with Gasteiger partial charge in [-0.05, 0) is 44.8 Å². The van der Waals surface area contributed by atoms with Crippen molar-refractivity contribution >= 4 is 17.7 Å². The van der Waals surface area contributed by atoms with Gasteiger partial charge in [0.2, 0.25) is 0 Å². The highest BCUT2D eigenvalue weighted by atomic mass is 32.2. The van der Waals surface area contributed by atoms with Crippen LogP contribution in [0.3, 0.4) is 0 Å². The molecule has 1 saturated carbocycles. The number of nitrogens with one attached hydrogen (secondary N) is 1. The second-order valence-corrected chi connectivity index (χ2v) is 8.26. The lowest BCUT2D eigenvalue weighted by Crippen LogP contribution is -2.45. The Labute approximate surface area is 122 Å². The van der Waals surface area contributed by atoms with E-state index in [0.717, 1.165) is 12.5 Å². The molecule has 0 amide bonds. The summed E-state index contributed by atoms with van der Waals surface area (Å²) in [5.41, 5.74) is 0.618. The van der Waals surface area contributed by atoms with E-state index in [1.165, 1.54) is 45.2 Å². The fraction of sp³-hybridized carbons (Fsp3) is 0.933. The Morgan fingerprint density at radius 2 is 2.00 bits per heavy atom. The highest BCUT2D eigenvalue weighted by Gasteiger charge is 2.41. The van der Waals surface area contributed by atoms with Crippen molar-refractivity contribution in [3.63, 3.8) is 0 Å². The summed E-state index contributed by atoms with van der Waals surface area (Å²) in [6.45, 7) is 7.93. The van der Waals surface area contributed by atoms with Gasteiger partial charge in [-0.15, -0.1) is 0 Å². The Kier molecular flexibility index (Phi) is 4.70. The van der Waals surface area contributed by atoms with E-state index in [-0.39, 0.29) is 4.75 Å². The summed E-state index contributed by atoms with van der Waals surface area (Å²) in [5.74, 6) is 1.10. The van der Waals surface area contributed by atoms with E-state index in [0.29, 0.717) is 5.41 Å². The number of guanidine groups is 1. The second kappa shape index (κ2) is 5.94. The fourth-order valence-corrected chi connectivity index (χ4v) is 3.56. The summed E-state index contributed by atoms with van der Waals surface area (Å²) in [7, 11) is 1.91. The van der Waals surface area contributed by atoms with Gasteiger partial charge in [0.15, 0.2) is 5.96 Å². The molecule has 0 radical (unpaired) electrons. The zero-order chi connectivity index (χ0) is 13.9. The van der Waals surface area contributed by atoms with Crippen molar-refractivity contribution in [2.24, 2.45) is 10.4 Å². The smallest absolute Gasteiger partial charge is 0.193 e. The van der Waals surface area contributed by atoms with E-state index in [1.54, 1.807) is 0 Å². The average molecular weight is 283 g/mol. The molecule has 0 unspecified atom stereocenters. The molecular formula is C15H29N3S. The Balaban J connectivity index is 1.89. The molecule has 3 nitrogen and oxygen atoms in total. The second-order valence-electron chi connectivity index (χ2n) is 6.74. The van der Waals surface area contributed by atoms with Crippen LogP contribution in [-0.4, -0.2) is 48.5 Å². The first-order valence-electron chi connectivity index (χ1n) is 7.51. The van der Waals surface area contributed by atoms with Gasteiger partial charge in [-0.3, -0.25) is 4.99 Å². The van der Waals surface area contributed by atoms with Crippen LogP contribution in [0.4, 0.5) is 0 Å². The summed E-state index contributed by atoms with van der Waals surface area (Å²) in [6.07, 6.45) is 9.25. The van der Waals surface area contributed by atoms with Crippen molar-refractivity contribution in [1.82, 2.24) is 10.2 Å². The third-order valence-electron chi connectivity index (χ3n) is 4.84. The average Bonchev–Trinajstić information content (AvgIpc) is 3.02. The van der Waals surface area contributed by atoms with Crippen LogP contribution in [0.25, 0.3) is 0 Å². The molecule has 1 heterocycles. The van der Waals surface area contributed by atoms with Crippen molar-refractivity contribution in [3.05, 3.63) is 0 Å². The standard InChI is InChI=1S/C15H29N3S/c1-14(2,19-4)11-17-13(16-3)18-10-9-15(12-18)7-5-6-8-15/h5-12H2,1-4H3,(H,16,17). The van der Waals surface area contributed by atoms with Crippen LogP contribution in [-0.2, 0) is 0 Å². The maximum Gasteiger partial charge on any atom is 0.193 e. The van der Waals surface area contributed by atoms with Crippen LogP contribution in [0.15, 0.2) is 4.99 Å². The van der Waals surface area contributed by atoms with E-state index in [4.69, 9.17) is 0 Å². The minimum absolute atomic E-state index is 0.265. The van der Waals surface area contributed by atoms with E-state index in [1.807, 2.05) is 18.8 Å². The molecule has 1 spiro atoms. The molecule has 1 aliphatic heterocycles. The quantitative estimate of drug-likeness (QED) is 0.637. The molecule has 0 aromatic rings. The SMILES string of the molecule is CN=C(NCC(C)(C)SC)N1CCC2(CCCC2)C1. The summed E-state index contributed by atoms with van der Waals surface area (Å²) in [6, 6.07) is 0. The van der Waals surface area contributed by atoms with Gasteiger partial charge in [-0.1, -0.05) is 12.8 Å². The van der Waals surface area contributed by atoms with Crippen molar-refractivity contribution < 1.29 is 0 Å². The Morgan fingerprint density at radius 1 is 1.32 bits per heavy atom. The molecule has 1 saturated heterocycles. The van der Waals surface area contributed by atoms with Gasteiger partial charge in [-0.2, -0.15) is 11.8 Å². The lowest BCUT2D eigenvalue weighted by atomic mass is 9.86. The lowest BCUT2D eigenvalue weighted by Gasteiger charge is -2.29. The first kappa shape index (κ1) is 15.0. The fourth-order valence-electron chi connectivity index (χ4n) is 3.35. The predicted octanol–water partition coefficient (Wildman–Crippen LogP) is 2.97. The first-order chi connectivity index (χ1) is 9.00. The van der Waals surface area contributed by atoms with E-state index in [9.17, 15) is 0 Å². The number of hydrogen-bond donors (Lipinski definition) is 1. The molecule has 0 bridgehead atoms. The van der Waals surface area contributed by atoms with E-state index >= 15 is 0 Å². The number of aliphatic imine (C=N–C) groups is 1. The molecule has 2 aliphatic rings. The number of nitrogens with zero attached hydrogens (tertiary/aromatic N) is 2. The molecule has 2 fully saturated rings. The Morgan fingerprint density at radius 3 is 2.58 bits per heavy atom. The lowest BCUT2D eigenvalue weighted by molar-refractivity contribution is 0.309. The van der Waals surface area contributed by atoms with Crippen LogP contribution >= 0.6 is 11.8 Å². The number of likely N-dealkylation sites (tertiary alicyclic amines) is 1. The predicted molar refractivity (Wildman–Crippen MR) is 86.0 cm³/mol. The maximum atomic E-state index is 4.48. The van der Waals surface area contributed by atoms with Crippen molar-refractivity contribution in [2.75, 3.05) is 32.9 Å². The topological polar surface area (TPSA) is 27.6 Å². The van der Waals surface area contributed by atoms with Gasteiger partial charge in [0.1, 0.15) is 0 Å². The molecule has 110 valence electrons. The van der Waals surface area contributed by atoms with Crippen LogP contribution in [0.5, 0.6) is 0 Å². The normalized spacial score (nSPS) is 23.4. The Bertz CT molecular complexity index is 332. The van der Waals surface area contributed by atoms with Crippen molar-refractivity contribution in [3.8, 4) is 0 Å². The number of thioether (sulfide) groups is 1. The van der Waals surface area contributed by atoms with Gasteiger partial charge < -0.3 is 10.2 Å². The van der Waals surface area contributed by atoms with Crippen LogP contribution < -0.4 is 5.32 Å². The van der Waals surface area contributed by atoms with E-state index in [2.05, 4.69) is 35.3 Å². The summed E-state index contributed by atoms with van der Waals surface area (Å²) < 4.78 is 0.265. The molecule has 4 heteroatoms. The van der Waals surface area contributed by atoms with Crippen molar-refractivity contribution in [2.45, 2.75) is 50.7 Å². The first-order valence-corrected chi connectivity index (χ1v) is 8.74. The molecule has 0 atom stereocenters. The minimum atomic E-state index is 0.265. The van der Waals surface area contributed by atoms with Crippen molar-refractivity contribution in [1.29, 1.82) is 0 Å².